The van der Waals surface area contributed by atoms with Crippen LogP contribution in [-0.2, 0) is 27.7 Å². The van der Waals surface area contributed by atoms with Crippen molar-refractivity contribution in [3.63, 3.8) is 0 Å². The first kappa shape index (κ1) is 22.9. The van der Waals surface area contributed by atoms with Crippen molar-refractivity contribution in [3.05, 3.63) is 46.3 Å². The number of aryl methyl sites for hydroxylation is 1. The molecule has 1 aromatic heterocycles. The van der Waals surface area contributed by atoms with E-state index in [2.05, 4.69) is 16.3 Å². The fourth-order valence-corrected chi connectivity index (χ4v) is 7.03. The quantitative estimate of drug-likeness (QED) is 0.652. The van der Waals surface area contributed by atoms with Gasteiger partial charge >= 0.3 is 0 Å². The lowest BCUT2D eigenvalue weighted by Crippen LogP contribution is -2.49. The van der Waals surface area contributed by atoms with E-state index < -0.39 is 10.0 Å². The van der Waals surface area contributed by atoms with Crippen LogP contribution in [0.4, 0.5) is 5.00 Å². The highest BCUT2D eigenvalue weighted by molar-refractivity contribution is 7.89. The molecule has 170 valence electrons. The summed E-state index contributed by atoms with van der Waals surface area (Å²) in [5.41, 5.74) is 1.76. The Bertz CT molecular complexity index is 1100. The summed E-state index contributed by atoms with van der Waals surface area (Å²) in [4.78, 5) is 16.2. The number of benzene rings is 1. The minimum absolute atomic E-state index is 0.0998. The van der Waals surface area contributed by atoms with Crippen LogP contribution in [0.15, 0.2) is 35.2 Å². The fourth-order valence-electron chi connectivity index (χ4n) is 4.33. The van der Waals surface area contributed by atoms with E-state index in [1.54, 1.807) is 41.7 Å². The minimum atomic E-state index is -3.47. The predicted molar refractivity (Wildman–Crippen MR) is 125 cm³/mol. The van der Waals surface area contributed by atoms with E-state index in [1.165, 1.54) is 15.6 Å². The number of rotatable bonds is 6. The van der Waals surface area contributed by atoms with Crippen LogP contribution in [0, 0.1) is 11.3 Å². The highest BCUT2D eigenvalue weighted by Gasteiger charge is 2.28. The van der Waals surface area contributed by atoms with E-state index in [9.17, 15) is 18.5 Å². The maximum Gasteiger partial charge on any atom is 0.243 e. The standard InChI is InChI=1S/C23H28N4O3S2/c24-17-20-19-9-5-2-6-10-21(19)31-23(20)25-22(28)11-12-26-13-15-27(16-14-26)32(29,30)18-7-3-1-4-8-18/h1,3-4,7-8H,2,5-6,9-16H2,(H,25,28). The second kappa shape index (κ2) is 10.1. The van der Waals surface area contributed by atoms with Crippen molar-refractivity contribution in [2.24, 2.45) is 0 Å². The van der Waals surface area contributed by atoms with Gasteiger partial charge in [-0.2, -0.15) is 9.57 Å². The second-order valence-electron chi connectivity index (χ2n) is 8.24. The summed E-state index contributed by atoms with van der Waals surface area (Å²) in [6.07, 6.45) is 5.64. The van der Waals surface area contributed by atoms with Crippen LogP contribution in [-0.4, -0.2) is 56.3 Å². The fraction of sp³-hybridized carbons (Fsp3) is 0.478. The first-order chi connectivity index (χ1) is 15.5. The number of piperazine rings is 1. The van der Waals surface area contributed by atoms with Gasteiger partial charge in [0.1, 0.15) is 11.1 Å². The molecule has 1 amide bonds. The van der Waals surface area contributed by atoms with Gasteiger partial charge in [0.25, 0.3) is 0 Å². The van der Waals surface area contributed by atoms with Gasteiger partial charge in [0.2, 0.25) is 15.9 Å². The third-order valence-electron chi connectivity index (χ3n) is 6.15. The Morgan fingerprint density at radius 3 is 2.50 bits per heavy atom. The normalized spacial score (nSPS) is 17.8. The predicted octanol–water partition coefficient (Wildman–Crippen LogP) is 3.22. The number of fused-ring (bicyclic) bond motifs is 1. The summed E-state index contributed by atoms with van der Waals surface area (Å²) >= 11 is 1.55. The molecule has 1 aliphatic heterocycles. The number of hydrogen-bond acceptors (Lipinski definition) is 6. The molecule has 7 nitrogen and oxygen atoms in total. The van der Waals surface area contributed by atoms with E-state index in [0.717, 1.165) is 31.2 Å². The Kier molecular flexibility index (Phi) is 7.26. The Morgan fingerprint density at radius 2 is 1.78 bits per heavy atom. The first-order valence-corrected chi connectivity index (χ1v) is 13.4. The van der Waals surface area contributed by atoms with Crippen molar-refractivity contribution in [1.29, 1.82) is 5.26 Å². The molecule has 4 rings (SSSR count). The second-order valence-corrected chi connectivity index (χ2v) is 11.3. The molecule has 0 unspecified atom stereocenters. The third kappa shape index (κ3) is 5.04. The number of sulfonamides is 1. The molecule has 0 saturated carbocycles. The molecule has 9 heteroatoms. The monoisotopic (exact) mass is 472 g/mol. The summed E-state index contributed by atoms with van der Waals surface area (Å²) in [6, 6.07) is 10.8. The molecule has 2 aromatic rings. The number of nitriles is 1. The number of thiophene rings is 1. The van der Waals surface area contributed by atoms with Crippen LogP contribution in [0.2, 0.25) is 0 Å². The number of carbonyl (C=O) groups excluding carboxylic acids is 1. The zero-order valence-corrected chi connectivity index (χ0v) is 19.7. The van der Waals surface area contributed by atoms with Crippen molar-refractivity contribution in [2.45, 2.75) is 43.4 Å². The van der Waals surface area contributed by atoms with Gasteiger partial charge in [-0.25, -0.2) is 8.42 Å². The number of amides is 1. The molecule has 2 heterocycles. The molecule has 1 aliphatic carbocycles. The van der Waals surface area contributed by atoms with Crippen LogP contribution in [0.25, 0.3) is 0 Å². The highest BCUT2D eigenvalue weighted by atomic mass is 32.2. The molecule has 1 saturated heterocycles. The van der Waals surface area contributed by atoms with E-state index in [1.807, 2.05) is 0 Å². The number of nitrogens with one attached hydrogen (secondary N) is 1. The molecule has 1 fully saturated rings. The van der Waals surface area contributed by atoms with Crippen molar-refractivity contribution >= 4 is 32.3 Å². The summed E-state index contributed by atoms with van der Waals surface area (Å²) in [7, 11) is -3.47. The van der Waals surface area contributed by atoms with Gasteiger partial charge in [0, 0.05) is 44.0 Å². The van der Waals surface area contributed by atoms with E-state index in [0.29, 0.717) is 54.6 Å². The van der Waals surface area contributed by atoms with E-state index >= 15 is 0 Å². The summed E-state index contributed by atoms with van der Waals surface area (Å²) < 4.78 is 27.0. The van der Waals surface area contributed by atoms with Crippen molar-refractivity contribution < 1.29 is 13.2 Å². The van der Waals surface area contributed by atoms with Crippen LogP contribution in [0.5, 0.6) is 0 Å². The molecule has 0 atom stereocenters. The molecular weight excluding hydrogens is 444 g/mol. The van der Waals surface area contributed by atoms with Crippen molar-refractivity contribution in [3.8, 4) is 6.07 Å². The zero-order valence-electron chi connectivity index (χ0n) is 18.0. The van der Waals surface area contributed by atoms with Crippen LogP contribution >= 0.6 is 11.3 Å². The lowest BCUT2D eigenvalue weighted by molar-refractivity contribution is -0.116. The Labute approximate surface area is 193 Å². The van der Waals surface area contributed by atoms with Gasteiger partial charge in [-0.3, -0.25) is 4.79 Å². The van der Waals surface area contributed by atoms with Crippen LogP contribution in [0.3, 0.4) is 0 Å². The van der Waals surface area contributed by atoms with Gasteiger partial charge in [-0.15, -0.1) is 11.3 Å². The van der Waals surface area contributed by atoms with Gasteiger partial charge < -0.3 is 10.2 Å². The summed E-state index contributed by atoms with van der Waals surface area (Å²) in [5, 5.41) is 13.3. The SMILES string of the molecule is N#Cc1c(NC(=O)CCN2CCN(S(=O)(=O)c3ccccc3)CC2)sc2c1CCCCC2. The maximum atomic E-state index is 12.7. The van der Waals surface area contributed by atoms with E-state index in [4.69, 9.17) is 0 Å². The van der Waals surface area contributed by atoms with E-state index in [-0.39, 0.29) is 5.91 Å². The molecule has 1 N–H and O–H groups in total. The highest BCUT2D eigenvalue weighted by Crippen LogP contribution is 2.37. The largest absolute Gasteiger partial charge is 0.317 e. The average molecular weight is 473 g/mol. The molecule has 32 heavy (non-hydrogen) atoms. The maximum absolute atomic E-state index is 12.7. The van der Waals surface area contributed by atoms with Gasteiger partial charge in [0.05, 0.1) is 10.5 Å². The average Bonchev–Trinajstić information content (AvgIpc) is 2.97. The molecule has 1 aromatic carbocycles. The number of anilines is 1. The summed E-state index contributed by atoms with van der Waals surface area (Å²) in [6.45, 7) is 2.58. The van der Waals surface area contributed by atoms with Gasteiger partial charge in [0.15, 0.2) is 0 Å². The molecule has 0 bridgehead atoms. The number of hydrogen-bond donors (Lipinski definition) is 1. The minimum Gasteiger partial charge on any atom is -0.317 e. The van der Waals surface area contributed by atoms with Crippen LogP contribution < -0.4 is 5.32 Å². The lowest BCUT2D eigenvalue weighted by atomic mass is 10.1. The Morgan fingerprint density at radius 1 is 1.06 bits per heavy atom. The van der Waals surface area contributed by atoms with Crippen molar-refractivity contribution in [1.82, 2.24) is 9.21 Å². The first-order valence-electron chi connectivity index (χ1n) is 11.1. The van der Waals surface area contributed by atoms with Gasteiger partial charge in [-0.1, -0.05) is 24.6 Å². The third-order valence-corrected chi connectivity index (χ3v) is 9.27. The zero-order chi connectivity index (χ0) is 22.6. The summed E-state index contributed by atoms with van der Waals surface area (Å²) in [5.74, 6) is -0.0998. The Hall–Kier alpha value is -2.25. The molecular formula is C23H28N4O3S2. The number of carbonyl (C=O) groups is 1. The van der Waals surface area contributed by atoms with Crippen molar-refractivity contribution in [2.75, 3.05) is 38.0 Å². The molecule has 2 aliphatic rings. The Balaban J connectivity index is 1.29. The lowest BCUT2D eigenvalue weighted by Gasteiger charge is -2.33. The number of nitrogens with zero attached hydrogens (tertiary/aromatic N) is 3. The van der Waals surface area contributed by atoms with Gasteiger partial charge in [-0.05, 0) is 43.4 Å². The topological polar surface area (TPSA) is 93.5 Å². The molecule has 0 spiro atoms. The molecule has 0 radical (unpaired) electrons. The van der Waals surface area contributed by atoms with Crippen LogP contribution in [0.1, 0.15) is 41.7 Å². The smallest absolute Gasteiger partial charge is 0.243 e.